The predicted molar refractivity (Wildman–Crippen MR) is 161 cm³/mol. The van der Waals surface area contributed by atoms with Crippen LogP contribution in [0.5, 0.6) is 11.6 Å². The van der Waals surface area contributed by atoms with Crippen LogP contribution < -0.4 is 9.47 Å². The molecule has 4 heterocycles. The largest absolute Gasteiger partial charge is 0.494 e. The molecule has 0 bridgehead atoms. The maximum atomic E-state index is 15.5. The van der Waals surface area contributed by atoms with Gasteiger partial charge in [-0.1, -0.05) is 19.6 Å². The second-order valence-electron chi connectivity index (χ2n) is 12.3. The van der Waals surface area contributed by atoms with Crippen molar-refractivity contribution < 1.29 is 43.1 Å². The van der Waals surface area contributed by atoms with Crippen LogP contribution in [0.25, 0.3) is 22.3 Å². The van der Waals surface area contributed by atoms with Crippen LogP contribution in [0.4, 0.5) is 4.39 Å². The number of aromatic nitrogens is 2. The summed E-state index contributed by atoms with van der Waals surface area (Å²) in [6, 6.07) is 11.3. The van der Waals surface area contributed by atoms with Crippen molar-refractivity contribution in [2.75, 3.05) is 33.0 Å². The number of Topliss-reactive ketones (excluding diaryl/α,β-unsaturated/α-hetero) is 1. The molecule has 5 rings (SSSR count). The van der Waals surface area contributed by atoms with E-state index < -0.39 is 44.9 Å². The van der Waals surface area contributed by atoms with E-state index in [9.17, 15) is 9.90 Å². The Morgan fingerprint density at radius 1 is 1.09 bits per heavy atom. The van der Waals surface area contributed by atoms with Gasteiger partial charge in [-0.05, 0) is 43.2 Å². The molecule has 0 aliphatic carbocycles. The summed E-state index contributed by atoms with van der Waals surface area (Å²) >= 11 is 0. The van der Waals surface area contributed by atoms with Gasteiger partial charge in [-0.3, -0.25) is 9.36 Å². The van der Waals surface area contributed by atoms with Gasteiger partial charge >= 0.3 is 0 Å². The summed E-state index contributed by atoms with van der Waals surface area (Å²) < 4.78 is 46.9. The third kappa shape index (κ3) is 7.80. The number of benzene rings is 1. The van der Waals surface area contributed by atoms with Crippen LogP contribution in [0.1, 0.15) is 19.3 Å². The number of rotatable bonds is 15. The van der Waals surface area contributed by atoms with Crippen molar-refractivity contribution in [2.45, 2.75) is 76.1 Å². The van der Waals surface area contributed by atoms with E-state index in [0.717, 1.165) is 6.04 Å². The SMILES string of the molecule is C[Si](C)(C)CCOCn1c(O[C@@H]2CO[C@H]3[C@@H]2OC[C@H]3O)cc2nc(-c3ccc(OCCCCC(=O)CO)cc3)c(F)cc21. The molecule has 2 aromatic heterocycles. The van der Waals surface area contributed by atoms with Crippen molar-refractivity contribution in [3.8, 4) is 22.9 Å². The number of carbonyl (C=O) groups excluding carboxylic acids is 1. The summed E-state index contributed by atoms with van der Waals surface area (Å²) in [5.41, 5.74) is 1.91. The second-order valence-corrected chi connectivity index (χ2v) is 17.9. The van der Waals surface area contributed by atoms with E-state index in [2.05, 4.69) is 24.6 Å². The summed E-state index contributed by atoms with van der Waals surface area (Å²) in [6.07, 6.45) is -0.279. The Balaban J connectivity index is 1.33. The number of nitrogens with zero attached hydrogens (tertiary/aromatic N) is 2. The first kappa shape index (κ1) is 31.5. The predicted octanol–water partition coefficient (Wildman–Crippen LogP) is 4.17. The van der Waals surface area contributed by atoms with E-state index in [-0.39, 0.29) is 31.4 Å². The molecule has 2 aliphatic heterocycles. The van der Waals surface area contributed by atoms with Gasteiger partial charge in [-0.15, -0.1) is 0 Å². The molecule has 0 saturated carbocycles. The highest BCUT2D eigenvalue weighted by Gasteiger charge is 2.48. The van der Waals surface area contributed by atoms with E-state index >= 15 is 4.39 Å². The third-order valence-electron chi connectivity index (χ3n) is 7.69. The molecule has 2 fully saturated rings. The standard InChI is InChI=1S/C31H41FN2O8Si/c1-43(2,3)13-12-38-19-34-25-14-23(32)29(20-7-9-22(10-8-20)39-11-5-4-6-21(36)16-35)33-24(25)15-28(34)42-27-18-41-30-26(37)17-40-31(27)30/h7-10,14-15,26-27,30-31,35,37H,4-6,11-13,16-19H2,1-3H3/t26-,27-,30-,31-/m1/s1. The number of aliphatic hydroxyl groups excluding tert-OH is 2. The molecule has 4 atom stereocenters. The van der Waals surface area contributed by atoms with Crippen LogP contribution in [0, 0.1) is 5.82 Å². The quantitative estimate of drug-likeness (QED) is 0.191. The zero-order chi connectivity index (χ0) is 30.6. The lowest BCUT2D eigenvalue weighted by atomic mass is 10.1. The molecule has 0 radical (unpaired) electrons. The smallest absolute Gasteiger partial charge is 0.198 e. The fourth-order valence-electron chi connectivity index (χ4n) is 5.20. The highest BCUT2D eigenvalue weighted by molar-refractivity contribution is 6.76. The maximum absolute atomic E-state index is 15.5. The van der Waals surface area contributed by atoms with E-state index in [1.54, 1.807) is 34.9 Å². The van der Waals surface area contributed by atoms with E-state index in [1.165, 1.54) is 6.07 Å². The van der Waals surface area contributed by atoms with Gasteiger partial charge in [0.25, 0.3) is 0 Å². The Kier molecular flexibility index (Phi) is 10.1. The minimum absolute atomic E-state index is 0.176. The Morgan fingerprint density at radius 3 is 2.60 bits per heavy atom. The molecule has 0 unspecified atom stereocenters. The number of fused-ring (bicyclic) bond motifs is 2. The zero-order valence-corrected chi connectivity index (χ0v) is 26.0. The summed E-state index contributed by atoms with van der Waals surface area (Å²) in [6.45, 7) is 8.09. The highest BCUT2D eigenvalue weighted by atomic mass is 28.3. The minimum atomic E-state index is -1.30. The molecule has 43 heavy (non-hydrogen) atoms. The molecule has 10 nitrogen and oxygen atoms in total. The third-order valence-corrected chi connectivity index (χ3v) is 9.40. The Bertz CT molecular complexity index is 1390. The van der Waals surface area contributed by atoms with Crippen LogP contribution in [-0.4, -0.2) is 91.1 Å². The Labute approximate surface area is 251 Å². The second kappa shape index (κ2) is 13.8. The molecular weight excluding hydrogens is 575 g/mol. The Morgan fingerprint density at radius 2 is 1.86 bits per heavy atom. The number of ether oxygens (including phenoxy) is 5. The molecule has 234 valence electrons. The number of unbranched alkanes of at least 4 members (excludes halogenated alkanes) is 1. The molecule has 1 aromatic carbocycles. The topological polar surface area (TPSA) is 122 Å². The van der Waals surface area contributed by atoms with Gasteiger partial charge in [0.05, 0.1) is 30.9 Å². The average Bonchev–Trinajstić information content (AvgIpc) is 3.65. The van der Waals surface area contributed by atoms with E-state index in [0.29, 0.717) is 60.7 Å². The van der Waals surface area contributed by atoms with Gasteiger partial charge in [0.1, 0.15) is 43.1 Å². The minimum Gasteiger partial charge on any atom is -0.494 e. The van der Waals surface area contributed by atoms with Gasteiger partial charge < -0.3 is 33.9 Å². The van der Waals surface area contributed by atoms with Crippen LogP contribution in [0.3, 0.4) is 0 Å². The number of ketones is 1. The number of carbonyl (C=O) groups is 1. The first-order valence-electron chi connectivity index (χ1n) is 14.8. The van der Waals surface area contributed by atoms with Crippen molar-refractivity contribution >= 4 is 24.9 Å². The van der Waals surface area contributed by atoms with Crippen LogP contribution in [0.2, 0.25) is 25.7 Å². The molecule has 2 aliphatic rings. The van der Waals surface area contributed by atoms with Crippen LogP contribution in [-0.2, 0) is 25.7 Å². The fraction of sp³-hybridized carbons (Fsp3) is 0.548. The van der Waals surface area contributed by atoms with Gasteiger partial charge in [-0.2, -0.15) is 0 Å². The summed E-state index contributed by atoms with van der Waals surface area (Å²) in [4.78, 5) is 15.9. The number of aliphatic hydroxyl groups is 2. The lowest BCUT2D eigenvalue weighted by Crippen LogP contribution is -2.35. The molecule has 2 saturated heterocycles. The molecular formula is C31H41FN2O8Si. The maximum Gasteiger partial charge on any atom is 0.198 e. The lowest BCUT2D eigenvalue weighted by Gasteiger charge is -2.20. The highest BCUT2D eigenvalue weighted by Crippen LogP contribution is 2.34. The van der Waals surface area contributed by atoms with Gasteiger partial charge in [0.2, 0.25) is 0 Å². The van der Waals surface area contributed by atoms with Crippen molar-refractivity contribution in [3.05, 3.63) is 42.2 Å². The van der Waals surface area contributed by atoms with Crippen molar-refractivity contribution in [1.82, 2.24) is 9.55 Å². The molecule has 0 spiro atoms. The summed E-state index contributed by atoms with van der Waals surface area (Å²) in [7, 11) is -1.30. The van der Waals surface area contributed by atoms with Crippen molar-refractivity contribution in [3.63, 3.8) is 0 Å². The monoisotopic (exact) mass is 616 g/mol. The van der Waals surface area contributed by atoms with E-state index in [1.807, 2.05) is 0 Å². The first-order chi connectivity index (χ1) is 20.6. The fourth-order valence-corrected chi connectivity index (χ4v) is 5.96. The van der Waals surface area contributed by atoms with Crippen molar-refractivity contribution in [1.29, 1.82) is 0 Å². The average molecular weight is 617 g/mol. The zero-order valence-electron chi connectivity index (χ0n) is 25.0. The molecule has 0 amide bonds. The van der Waals surface area contributed by atoms with E-state index in [4.69, 9.17) is 28.8 Å². The lowest BCUT2D eigenvalue weighted by molar-refractivity contribution is -0.121. The molecule has 12 heteroatoms. The van der Waals surface area contributed by atoms with Crippen LogP contribution >= 0.6 is 0 Å². The van der Waals surface area contributed by atoms with Gasteiger partial charge in [0.15, 0.2) is 23.6 Å². The number of halogens is 1. The van der Waals surface area contributed by atoms with Crippen molar-refractivity contribution in [2.24, 2.45) is 0 Å². The number of pyridine rings is 1. The molecule has 3 aromatic rings. The first-order valence-corrected chi connectivity index (χ1v) is 18.5. The summed E-state index contributed by atoms with van der Waals surface area (Å²) in [5, 5.41) is 18.9. The van der Waals surface area contributed by atoms with Gasteiger partial charge in [-0.25, -0.2) is 9.37 Å². The normalized spacial score (nSPS) is 21.8. The number of hydrogen-bond donors (Lipinski definition) is 2. The summed E-state index contributed by atoms with van der Waals surface area (Å²) in [5.74, 6) is 0.445. The van der Waals surface area contributed by atoms with Gasteiger partial charge in [0, 0.05) is 38.8 Å². The Hall–Kier alpha value is -2.87. The van der Waals surface area contributed by atoms with Crippen LogP contribution in [0.15, 0.2) is 36.4 Å². The number of hydrogen-bond acceptors (Lipinski definition) is 9. The molecule has 2 N–H and O–H groups in total.